The van der Waals surface area contributed by atoms with Gasteiger partial charge in [0.05, 0.1) is 27.5 Å². The molecule has 0 aliphatic heterocycles. The molecule has 14 rings (SSSR count). The minimum atomic E-state index is -0.831. The number of rotatable bonds is 4. The molecule has 2 bridgehead atoms. The van der Waals surface area contributed by atoms with Crippen molar-refractivity contribution in [1.29, 1.82) is 0 Å². The minimum Gasteiger partial charge on any atom is -0.294 e. The average Bonchev–Trinajstić information content (AvgIpc) is 3.82. The molecule has 0 fully saturated rings. The number of aromatic nitrogens is 4. The number of benzene rings is 8. The lowest BCUT2D eigenvalue weighted by molar-refractivity contribution is 0.534. The van der Waals surface area contributed by atoms with Crippen LogP contribution in [0.15, 0.2) is 206 Å². The smallest absolute Gasteiger partial charge is 0.152 e. The van der Waals surface area contributed by atoms with Crippen molar-refractivity contribution < 1.29 is 0 Å². The van der Waals surface area contributed by atoms with Gasteiger partial charge in [-0.1, -0.05) is 176 Å². The van der Waals surface area contributed by atoms with Gasteiger partial charge in [0.15, 0.2) is 5.82 Å². The summed E-state index contributed by atoms with van der Waals surface area (Å²) in [4.78, 5) is 11.7. The highest BCUT2D eigenvalue weighted by Crippen LogP contribution is 2.65. The maximum atomic E-state index is 5.87. The third kappa shape index (κ3) is 3.80. The van der Waals surface area contributed by atoms with Gasteiger partial charge in [-0.25, -0.2) is 9.97 Å². The van der Waals surface area contributed by atoms with Crippen molar-refractivity contribution in [2.75, 3.05) is 0 Å². The van der Waals surface area contributed by atoms with Crippen LogP contribution in [-0.2, 0) is 10.8 Å². The Kier molecular flexibility index (Phi) is 6.27. The SMILES string of the molecule is c1ccc(C23c4ccccc4C(c4nc(-n5c6ccccc6c6ccccc65)cc(-n5c6ccccc6c6ccccc65)n4)(c4ccccc42)c2ccccc23)cc1. The van der Waals surface area contributed by atoms with Crippen molar-refractivity contribution in [1.82, 2.24) is 19.1 Å². The molecule has 0 saturated heterocycles. The summed E-state index contributed by atoms with van der Waals surface area (Å²) in [6, 6.07) is 75.1. The van der Waals surface area contributed by atoms with Crippen molar-refractivity contribution in [3.05, 3.63) is 251 Å². The van der Waals surface area contributed by atoms with Crippen LogP contribution in [0, 0.1) is 0 Å². The molecule has 0 spiro atoms. The van der Waals surface area contributed by atoms with Gasteiger partial charge in [-0.2, -0.15) is 0 Å². The van der Waals surface area contributed by atoms with Crippen molar-refractivity contribution >= 4 is 43.6 Å². The maximum absolute atomic E-state index is 5.87. The van der Waals surface area contributed by atoms with Crippen molar-refractivity contribution in [2.45, 2.75) is 10.8 Å². The molecule has 0 N–H and O–H groups in total. The molecule has 0 radical (unpaired) electrons. The van der Waals surface area contributed by atoms with Crippen LogP contribution in [0.25, 0.3) is 55.2 Å². The van der Waals surface area contributed by atoms with Gasteiger partial charge in [0.1, 0.15) is 17.1 Å². The molecule has 3 aromatic heterocycles. The monoisotopic (exact) mass is 738 g/mol. The van der Waals surface area contributed by atoms with Gasteiger partial charge in [0.25, 0.3) is 0 Å². The Labute approximate surface area is 334 Å². The lowest BCUT2D eigenvalue weighted by atomic mass is 9.45. The molecule has 3 aliphatic carbocycles. The predicted molar refractivity (Wildman–Crippen MR) is 234 cm³/mol. The van der Waals surface area contributed by atoms with Crippen LogP contribution in [0.3, 0.4) is 0 Å². The fraction of sp³-hybridized carbons (Fsp3) is 0.0370. The second kappa shape index (κ2) is 11.5. The third-order valence-electron chi connectivity index (χ3n) is 13.1. The van der Waals surface area contributed by atoms with E-state index in [2.05, 4.69) is 215 Å². The van der Waals surface area contributed by atoms with E-state index in [1.807, 2.05) is 0 Å². The van der Waals surface area contributed by atoms with Crippen molar-refractivity contribution in [3.63, 3.8) is 0 Å². The molecular formula is C54H34N4. The van der Waals surface area contributed by atoms with Crippen LogP contribution in [-0.4, -0.2) is 19.1 Å². The highest BCUT2D eigenvalue weighted by Gasteiger charge is 2.61. The van der Waals surface area contributed by atoms with E-state index in [0.717, 1.165) is 39.5 Å². The summed E-state index contributed by atoms with van der Waals surface area (Å²) in [7, 11) is 0. The fourth-order valence-corrected chi connectivity index (χ4v) is 11.0. The summed E-state index contributed by atoms with van der Waals surface area (Å²) in [6.45, 7) is 0. The van der Waals surface area contributed by atoms with Gasteiger partial charge in [-0.05, 0) is 63.2 Å². The summed E-state index contributed by atoms with van der Waals surface area (Å²) in [5, 5.41) is 4.77. The minimum absolute atomic E-state index is 0.521. The first-order valence-corrected chi connectivity index (χ1v) is 20.0. The Morgan fingerprint density at radius 1 is 0.293 bits per heavy atom. The molecule has 3 heterocycles. The van der Waals surface area contributed by atoms with Crippen LogP contribution in [0.4, 0.5) is 0 Å². The first-order valence-electron chi connectivity index (χ1n) is 20.0. The second-order valence-electron chi connectivity index (χ2n) is 15.7. The van der Waals surface area contributed by atoms with Gasteiger partial charge < -0.3 is 0 Å². The molecule has 3 aliphatic rings. The summed E-state index contributed by atoms with van der Waals surface area (Å²) >= 11 is 0. The van der Waals surface area contributed by atoms with E-state index in [-0.39, 0.29) is 0 Å². The van der Waals surface area contributed by atoms with E-state index in [4.69, 9.17) is 9.97 Å². The lowest BCUT2D eigenvalue weighted by Gasteiger charge is -2.56. The molecule has 58 heavy (non-hydrogen) atoms. The fourth-order valence-electron chi connectivity index (χ4n) is 11.0. The molecule has 0 atom stereocenters. The molecule has 8 aromatic carbocycles. The van der Waals surface area contributed by atoms with Crippen LogP contribution in [0.2, 0.25) is 0 Å². The highest BCUT2D eigenvalue weighted by molar-refractivity contribution is 6.10. The van der Waals surface area contributed by atoms with Gasteiger partial charge in [0.2, 0.25) is 0 Å². The Balaban J connectivity index is 1.23. The molecule has 11 aromatic rings. The molecule has 0 amide bonds. The zero-order valence-corrected chi connectivity index (χ0v) is 31.4. The summed E-state index contributed by atoms with van der Waals surface area (Å²) < 4.78 is 4.68. The normalized spacial score (nSPS) is 17.8. The van der Waals surface area contributed by atoms with E-state index < -0.39 is 10.8 Å². The first kappa shape index (κ1) is 31.6. The zero-order chi connectivity index (χ0) is 38.0. The number of hydrogen-bond donors (Lipinski definition) is 0. The van der Waals surface area contributed by atoms with E-state index in [1.165, 1.54) is 60.5 Å². The molecule has 0 saturated carbocycles. The third-order valence-corrected chi connectivity index (χ3v) is 13.1. The molecule has 4 heteroatoms. The summed E-state index contributed by atoms with van der Waals surface area (Å²) in [5.41, 5.74) is 11.8. The van der Waals surface area contributed by atoms with Crippen LogP contribution < -0.4 is 0 Å². The number of para-hydroxylation sites is 4. The lowest BCUT2D eigenvalue weighted by Crippen LogP contribution is -2.52. The molecular weight excluding hydrogens is 705 g/mol. The first-order chi connectivity index (χ1) is 28.8. The van der Waals surface area contributed by atoms with Crippen LogP contribution in [0.1, 0.15) is 44.8 Å². The van der Waals surface area contributed by atoms with Gasteiger partial charge in [0, 0.05) is 27.6 Å². The maximum Gasteiger partial charge on any atom is 0.152 e. The van der Waals surface area contributed by atoms with Crippen molar-refractivity contribution in [3.8, 4) is 11.6 Å². The summed E-state index contributed by atoms with van der Waals surface area (Å²) in [6.07, 6.45) is 0. The predicted octanol–water partition coefficient (Wildman–Crippen LogP) is 12.1. The molecule has 270 valence electrons. The van der Waals surface area contributed by atoms with Gasteiger partial charge in [-0.15, -0.1) is 0 Å². The van der Waals surface area contributed by atoms with Crippen LogP contribution in [0.5, 0.6) is 0 Å². The Hall–Kier alpha value is -7.56. The number of hydrogen-bond acceptors (Lipinski definition) is 2. The second-order valence-corrected chi connectivity index (χ2v) is 15.7. The van der Waals surface area contributed by atoms with E-state index in [1.54, 1.807) is 0 Å². The van der Waals surface area contributed by atoms with Gasteiger partial charge >= 0.3 is 0 Å². The average molecular weight is 739 g/mol. The largest absolute Gasteiger partial charge is 0.294 e. The quantitative estimate of drug-likeness (QED) is 0.180. The Morgan fingerprint density at radius 2 is 0.586 bits per heavy atom. The van der Waals surface area contributed by atoms with E-state index in [9.17, 15) is 0 Å². The number of fused-ring (bicyclic) bond motifs is 6. The zero-order valence-electron chi connectivity index (χ0n) is 31.4. The standard InChI is InChI=1S/C54H34N4/c1-2-18-35(19-3-1)53-40-24-8-11-27-43(40)54(44-28-12-9-25-41(44)53,45-29-13-10-26-42(45)53)52-55-50(57-46-30-14-4-20-36(46)37-21-5-15-31-47(37)57)34-51(56-52)58-48-32-16-6-22-38(48)39-23-7-17-33-49(39)58/h1-34H. The number of nitrogens with zero attached hydrogens (tertiary/aromatic N) is 4. The summed E-state index contributed by atoms with van der Waals surface area (Å²) in [5.74, 6) is 2.40. The molecule has 4 nitrogen and oxygen atoms in total. The van der Waals surface area contributed by atoms with E-state index >= 15 is 0 Å². The highest BCUT2D eigenvalue weighted by atomic mass is 15.2. The van der Waals surface area contributed by atoms with E-state index in [0.29, 0.717) is 0 Å². The van der Waals surface area contributed by atoms with Crippen LogP contribution >= 0.6 is 0 Å². The van der Waals surface area contributed by atoms with Gasteiger partial charge in [-0.3, -0.25) is 9.13 Å². The Morgan fingerprint density at radius 3 is 0.948 bits per heavy atom. The Bertz CT molecular complexity index is 3120. The topological polar surface area (TPSA) is 35.6 Å². The molecule has 0 unspecified atom stereocenters. The van der Waals surface area contributed by atoms with Crippen molar-refractivity contribution in [2.24, 2.45) is 0 Å².